The zero-order chi connectivity index (χ0) is 21.6. The fraction of sp³-hybridized carbons (Fsp3) is 0.143. The molecule has 1 aromatic heterocycles. The van der Waals surface area contributed by atoms with Crippen LogP contribution >= 0.6 is 0 Å². The average Bonchev–Trinajstić information content (AvgIpc) is 3.12. The van der Waals surface area contributed by atoms with Crippen molar-refractivity contribution >= 4 is 33.5 Å². The first kappa shape index (κ1) is 21.1. The van der Waals surface area contributed by atoms with Crippen molar-refractivity contribution in [3.63, 3.8) is 0 Å². The van der Waals surface area contributed by atoms with Crippen molar-refractivity contribution in [2.75, 3.05) is 16.6 Å². The van der Waals surface area contributed by atoms with E-state index in [-0.39, 0.29) is 16.6 Å². The maximum Gasteiger partial charge on any atom is 0.263 e. The average molecular weight is 427 g/mol. The molecule has 0 unspecified atom stereocenters. The Balaban J connectivity index is 1.60. The molecule has 0 aliphatic heterocycles. The molecular formula is C21H21N3O5S. The highest BCUT2D eigenvalue weighted by atomic mass is 32.2. The predicted octanol–water partition coefficient (Wildman–Crippen LogP) is 3.83. The van der Waals surface area contributed by atoms with Crippen molar-refractivity contribution in [1.29, 1.82) is 0 Å². The summed E-state index contributed by atoms with van der Waals surface area (Å²) < 4.78 is 37.3. The van der Waals surface area contributed by atoms with Crippen LogP contribution in [0.2, 0.25) is 0 Å². The van der Waals surface area contributed by atoms with Crippen molar-refractivity contribution in [3.05, 3.63) is 72.0 Å². The van der Waals surface area contributed by atoms with E-state index in [4.69, 9.17) is 9.26 Å². The van der Waals surface area contributed by atoms with E-state index >= 15 is 0 Å². The van der Waals surface area contributed by atoms with E-state index in [0.717, 1.165) is 11.3 Å². The molecule has 0 atom stereocenters. The summed E-state index contributed by atoms with van der Waals surface area (Å²) >= 11 is 0. The van der Waals surface area contributed by atoms with E-state index in [2.05, 4.69) is 15.2 Å². The summed E-state index contributed by atoms with van der Waals surface area (Å²) in [6, 6.07) is 14.6. The van der Waals surface area contributed by atoms with E-state index < -0.39 is 10.0 Å². The largest absolute Gasteiger partial charge is 0.494 e. The second kappa shape index (κ2) is 9.27. The number of amides is 1. The van der Waals surface area contributed by atoms with Gasteiger partial charge in [-0.15, -0.1) is 0 Å². The molecule has 3 rings (SSSR count). The zero-order valence-corrected chi connectivity index (χ0v) is 17.3. The van der Waals surface area contributed by atoms with Gasteiger partial charge in [0.25, 0.3) is 10.0 Å². The SMILES string of the molecule is CCOc1ccc(C=CC(=O)Nc2ccc(S(=O)(=O)Nc3cc(C)on3)cc2)cc1. The molecule has 3 aromatic rings. The Bertz CT molecular complexity index is 1130. The van der Waals surface area contributed by atoms with Crippen molar-refractivity contribution in [2.24, 2.45) is 0 Å². The van der Waals surface area contributed by atoms with Gasteiger partial charge in [0.15, 0.2) is 5.82 Å². The Labute approximate surface area is 174 Å². The van der Waals surface area contributed by atoms with Crippen LogP contribution in [-0.2, 0) is 14.8 Å². The number of nitrogens with one attached hydrogen (secondary N) is 2. The third kappa shape index (κ3) is 5.71. The molecule has 0 radical (unpaired) electrons. The molecular weight excluding hydrogens is 406 g/mol. The molecule has 0 fully saturated rings. The molecule has 0 spiro atoms. The van der Waals surface area contributed by atoms with Gasteiger partial charge >= 0.3 is 0 Å². The molecule has 0 bridgehead atoms. The van der Waals surface area contributed by atoms with Crippen LogP contribution in [-0.4, -0.2) is 26.1 Å². The number of aryl methyl sites for hydroxylation is 1. The molecule has 8 nitrogen and oxygen atoms in total. The maximum atomic E-state index is 12.4. The molecule has 0 saturated carbocycles. The van der Waals surface area contributed by atoms with Gasteiger partial charge in [-0.25, -0.2) is 8.42 Å². The van der Waals surface area contributed by atoms with Crippen molar-refractivity contribution < 1.29 is 22.5 Å². The molecule has 0 aliphatic rings. The number of nitrogens with zero attached hydrogens (tertiary/aromatic N) is 1. The first-order chi connectivity index (χ1) is 14.4. The van der Waals surface area contributed by atoms with Crippen LogP contribution in [0.1, 0.15) is 18.2 Å². The van der Waals surface area contributed by atoms with Gasteiger partial charge in [-0.1, -0.05) is 17.3 Å². The summed E-state index contributed by atoms with van der Waals surface area (Å²) in [7, 11) is -3.81. The van der Waals surface area contributed by atoms with Crippen LogP contribution in [0.15, 0.2) is 70.1 Å². The summed E-state index contributed by atoms with van der Waals surface area (Å²) in [6.45, 7) is 4.16. The Morgan fingerprint density at radius 2 is 1.83 bits per heavy atom. The van der Waals surface area contributed by atoms with Crippen molar-refractivity contribution in [3.8, 4) is 5.75 Å². The quantitative estimate of drug-likeness (QED) is 0.529. The number of hydrogen-bond acceptors (Lipinski definition) is 6. The molecule has 1 heterocycles. The lowest BCUT2D eigenvalue weighted by Gasteiger charge is -2.07. The van der Waals surface area contributed by atoms with Crippen molar-refractivity contribution in [2.45, 2.75) is 18.7 Å². The highest BCUT2D eigenvalue weighted by Gasteiger charge is 2.16. The van der Waals surface area contributed by atoms with Crippen LogP contribution < -0.4 is 14.8 Å². The Hall–Kier alpha value is -3.59. The summed E-state index contributed by atoms with van der Waals surface area (Å²) in [4.78, 5) is 12.1. The van der Waals surface area contributed by atoms with Gasteiger partial charge in [0.1, 0.15) is 11.5 Å². The van der Waals surface area contributed by atoms with Gasteiger partial charge in [0.05, 0.1) is 11.5 Å². The Morgan fingerprint density at radius 1 is 1.13 bits per heavy atom. The van der Waals surface area contributed by atoms with Gasteiger partial charge in [-0.05, 0) is 61.9 Å². The normalized spacial score (nSPS) is 11.4. The molecule has 0 saturated heterocycles. The number of ether oxygens (including phenoxy) is 1. The van der Waals surface area contributed by atoms with E-state index in [0.29, 0.717) is 18.1 Å². The van der Waals surface area contributed by atoms with Gasteiger partial charge in [-0.3, -0.25) is 9.52 Å². The molecule has 1 amide bonds. The van der Waals surface area contributed by atoms with E-state index in [1.54, 1.807) is 13.0 Å². The highest BCUT2D eigenvalue weighted by molar-refractivity contribution is 7.92. The third-order valence-electron chi connectivity index (χ3n) is 3.92. The summed E-state index contributed by atoms with van der Waals surface area (Å²) in [5.41, 5.74) is 1.32. The first-order valence-electron chi connectivity index (χ1n) is 9.14. The fourth-order valence-corrected chi connectivity index (χ4v) is 3.51. The predicted molar refractivity (Wildman–Crippen MR) is 114 cm³/mol. The van der Waals surface area contributed by atoms with E-state index in [1.165, 1.54) is 36.4 Å². The second-order valence-corrected chi connectivity index (χ2v) is 7.96. The monoisotopic (exact) mass is 427 g/mol. The van der Waals surface area contributed by atoms with Crippen molar-refractivity contribution in [1.82, 2.24) is 5.16 Å². The van der Waals surface area contributed by atoms with Gasteiger partial charge in [0, 0.05) is 17.8 Å². The van der Waals surface area contributed by atoms with Gasteiger partial charge < -0.3 is 14.6 Å². The number of sulfonamides is 1. The molecule has 9 heteroatoms. The third-order valence-corrected chi connectivity index (χ3v) is 5.29. The summed E-state index contributed by atoms with van der Waals surface area (Å²) in [5.74, 6) is 1.02. The fourth-order valence-electron chi connectivity index (χ4n) is 2.53. The Kier molecular flexibility index (Phi) is 6.53. The lowest BCUT2D eigenvalue weighted by molar-refractivity contribution is -0.111. The summed E-state index contributed by atoms with van der Waals surface area (Å²) in [6.07, 6.45) is 3.07. The number of carbonyl (C=O) groups is 1. The number of rotatable bonds is 8. The van der Waals surface area contributed by atoms with E-state index in [9.17, 15) is 13.2 Å². The molecule has 2 aromatic carbocycles. The van der Waals surface area contributed by atoms with Gasteiger partial charge in [0.2, 0.25) is 5.91 Å². The molecule has 156 valence electrons. The van der Waals surface area contributed by atoms with Crippen LogP contribution in [0.25, 0.3) is 6.08 Å². The minimum Gasteiger partial charge on any atom is -0.494 e. The molecule has 30 heavy (non-hydrogen) atoms. The van der Waals surface area contributed by atoms with Crippen LogP contribution in [0, 0.1) is 6.92 Å². The number of benzene rings is 2. The number of hydrogen-bond donors (Lipinski definition) is 2. The summed E-state index contributed by atoms with van der Waals surface area (Å²) in [5, 5.41) is 6.29. The Morgan fingerprint density at radius 3 is 2.43 bits per heavy atom. The van der Waals surface area contributed by atoms with Crippen LogP contribution in [0.5, 0.6) is 5.75 Å². The van der Waals surface area contributed by atoms with Crippen LogP contribution in [0.4, 0.5) is 11.5 Å². The lowest BCUT2D eigenvalue weighted by Crippen LogP contribution is -2.13. The highest BCUT2D eigenvalue weighted by Crippen LogP contribution is 2.18. The van der Waals surface area contributed by atoms with Crippen LogP contribution in [0.3, 0.4) is 0 Å². The molecule has 2 N–H and O–H groups in total. The molecule has 0 aliphatic carbocycles. The zero-order valence-electron chi connectivity index (χ0n) is 16.5. The first-order valence-corrected chi connectivity index (χ1v) is 10.6. The number of anilines is 2. The lowest BCUT2D eigenvalue weighted by atomic mass is 10.2. The topological polar surface area (TPSA) is 111 Å². The maximum absolute atomic E-state index is 12.4. The van der Waals surface area contributed by atoms with Gasteiger partial charge in [-0.2, -0.15) is 0 Å². The minimum absolute atomic E-state index is 0.0334. The second-order valence-electron chi connectivity index (χ2n) is 6.28. The standard InChI is InChI=1S/C21H21N3O5S/c1-3-28-18-9-4-16(5-10-18)6-13-21(25)22-17-7-11-19(12-8-17)30(26,27)24-20-14-15(2)29-23-20/h4-14H,3H2,1-2H3,(H,22,25)(H,23,24). The minimum atomic E-state index is -3.81. The number of aromatic nitrogens is 1. The van der Waals surface area contributed by atoms with E-state index in [1.807, 2.05) is 31.2 Å². The number of carbonyl (C=O) groups excluding carboxylic acids is 1. The smallest absolute Gasteiger partial charge is 0.263 e.